The fraction of sp³-hybridized carbons (Fsp3) is 0.200. The molecule has 22 heavy (non-hydrogen) atoms. The van der Waals surface area contributed by atoms with Crippen LogP contribution in [0.5, 0.6) is 11.5 Å². The quantitative estimate of drug-likeness (QED) is 0.715. The van der Waals surface area contributed by atoms with E-state index in [1.54, 1.807) is 30.7 Å². The molecular formula is C15H10BrF2NO2S. The summed E-state index contributed by atoms with van der Waals surface area (Å²) < 4.78 is 34.0. The number of rotatable bonds is 3. The Morgan fingerprint density at radius 2 is 2.14 bits per heavy atom. The Labute approximate surface area is 138 Å². The van der Waals surface area contributed by atoms with E-state index in [1.165, 1.54) is 18.0 Å². The molecule has 0 bridgehead atoms. The summed E-state index contributed by atoms with van der Waals surface area (Å²) in [6.45, 7) is 0. The summed E-state index contributed by atoms with van der Waals surface area (Å²) in [5, 5.41) is 0. The number of hydrogen-bond donors (Lipinski definition) is 0. The highest BCUT2D eigenvalue weighted by molar-refractivity contribution is 9.10. The fourth-order valence-electron chi connectivity index (χ4n) is 2.36. The molecule has 0 fully saturated rings. The van der Waals surface area contributed by atoms with Gasteiger partial charge >= 0.3 is 5.92 Å². The summed E-state index contributed by atoms with van der Waals surface area (Å²) in [5.41, 5.74) is 0.319. The molecule has 1 heterocycles. The molecule has 0 radical (unpaired) electrons. The number of pyridine rings is 1. The minimum absolute atomic E-state index is 0.0676. The summed E-state index contributed by atoms with van der Waals surface area (Å²) in [7, 11) is 0. The molecule has 0 unspecified atom stereocenters. The minimum atomic E-state index is -3.37. The molecule has 0 saturated carbocycles. The molecule has 1 aliphatic carbocycles. The highest BCUT2D eigenvalue weighted by Gasteiger charge is 2.49. The number of halogens is 3. The smallest absolute Gasteiger partial charge is 0.313 e. The topological polar surface area (TPSA) is 39.2 Å². The second-order valence-corrected chi connectivity index (χ2v) is 6.53. The Bertz CT molecular complexity index is 767. The molecule has 0 N–H and O–H groups in total. The van der Waals surface area contributed by atoms with E-state index in [4.69, 9.17) is 4.74 Å². The van der Waals surface area contributed by atoms with Gasteiger partial charge in [-0.1, -0.05) is 0 Å². The van der Waals surface area contributed by atoms with E-state index in [9.17, 15) is 13.6 Å². The molecule has 2 aromatic rings. The number of alkyl halides is 2. The van der Waals surface area contributed by atoms with Crippen LogP contribution in [0.25, 0.3) is 0 Å². The monoisotopic (exact) mass is 385 g/mol. The Balaban J connectivity index is 2.07. The molecule has 0 spiro atoms. The van der Waals surface area contributed by atoms with Crippen molar-refractivity contribution in [2.45, 2.75) is 17.2 Å². The molecular weight excluding hydrogens is 376 g/mol. The van der Waals surface area contributed by atoms with Gasteiger partial charge in [-0.3, -0.25) is 9.78 Å². The maximum absolute atomic E-state index is 13.8. The maximum Gasteiger partial charge on any atom is 0.313 e. The van der Waals surface area contributed by atoms with Crippen molar-refractivity contribution in [3.05, 3.63) is 46.2 Å². The lowest BCUT2D eigenvalue weighted by Crippen LogP contribution is -2.23. The Morgan fingerprint density at radius 3 is 2.82 bits per heavy atom. The number of ether oxygens (including phenoxy) is 1. The summed E-state index contributed by atoms with van der Waals surface area (Å²) in [5.74, 6) is -3.83. The number of fused-ring (bicyclic) bond motifs is 1. The second kappa shape index (κ2) is 5.62. The van der Waals surface area contributed by atoms with Gasteiger partial charge in [0.25, 0.3) is 0 Å². The number of thioether (sulfide) groups is 1. The summed E-state index contributed by atoms with van der Waals surface area (Å²) in [6.07, 6.45) is 4.19. The third-order valence-electron chi connectivity index (χ3n) is 3.32. The van der Waals surface area contributed by atoms with Crippen molar-refractivity contribution in [3.8, 4) is 11.5 Å². The normalized spacial score (nSPS) is 15.7. The second-order valence-electron chi connectivity index (χ2n) is 4.77. The highest BCUT2D eigenvalue weighted by atomic mass is 79.9. The first-order valence-corrected chi connectivity index (χ1v) is 8.35. The number of ketones is 1. The van der Waals surface area contributed by atoms with Crippen LogP contribution < -0.4 is 4.74 Å². The predicted molar refractivity (Wildman–Crippen MR) is 83.2 cm³/mol. The highest BCUT2D eigenvalue weighted by Crippen LogP contribution is 2.44. The molecule has 0 amide bonds. The van der Waals surface area contributed by atoms with E-state index >= 15 is 0 Å². The Morgan fingerprint density at radius 1 is 1.36 bits per heavy atom. The van der Waals surface area contributed by atoms with Crippen molar-refractivity contribution in [2.75, 3.05) is 6.26 Å². The number of Topliss-reactive ketones (excluding diaryl/α,β-unsaturated/α-hetero) is 1. The van der Waals surface area contributed by atoms with E-state index in [0.29, 0.717) is 15.1 Å². The molecule has 7 heteroatoms. The Kier molecular flexibility index (Phi) is 3.94. The van der Waals surface area contributed by atoms with Crippen LogP contribution in [0.3, 0.4) is 0 Å². The van der Waals surface area contributed by atoms with Crippen LogP contribution in [0.2, 0.25) is 0 Å². The first-order chi connectivity index (χ1) is 10.4. The molecule has 1 aromatic heterocycles. The van der Waals surface area contributed by atoms with Gasteiger partial charge in [0.15, 0.2) is 0 Å². The van der Waals surface area contributed by atoms with E-state index < -0.39 is 18.1 Å². The van der Waals surface area contributed by atoms with Crippen LogP contribution in [0.4, 0.5) is 8.78 Å². The Hall–Kier alpha value is -1.47. The number of carbonyl (C=O) groups excluding carboxylic acids is 1. The molecule has 0 atom stereocenters. The third kappa shape index (κ3) is 2.63. The molecule has 1 aliphatic rings. The van der Waals surface area contributed by atoms with E-state index in [1.807, 2.05) is 0 Å². The first-order valence-electron chi connectivity index (χ1n) is 6.33. The van der Waals surface area contributed by atoms with Crippen molar-refractivity contribution in [1.82, 2.24) is 4.98 Å². The SMILES string of the molecule is CSc1ccc(Oc2cncc(Br)c2)c2c1C(=O)C(F)(F)C2. The zero-order valence-electron chi connectivity index (χ0n) is 11.4. The molecule has 0 aliphatic heterocycles. The number of carbonyl (C=O) groups is 1. The van der Waals surface area contributed by atoms with Crippen molar-refractivity contribution < 1.29 is 18.3 Å². The van der Waals surface area contributed by atoms with E-state index in [-0.39, 0.29) is 16.9 Å². The molecule has 1 aromatic carbocycles. The van der Waals surface area contributed by atoms with Gasteiger partial charge in [-0.15, -0.1) is 11.8 Å². The number of nitrogens with zero attached hydrogens (tertiary/aromatic N) is 1. The lowest BCUT2D eigenvalue weighted by atomic mass is 10.1. The zero-order valence-corrected chi connectivity index (χ0v) is 13.8. The van der Waals surface area contributed by atoms with Crippen molar-refractivity contribution in [1.29, 1.82) is 0 Å². The first kappa shape index (κ1) is 15.4. The van der Waals surface area contributed by atoms with Crippen molar-refractivity contribution in [2.24, 2.45) is 0 Å². The molecule has 3 rings (SSSR count). The van der Waals surface area contributed by atoms with Gasteiger partial charge in [-0.05, 0) is 40.4 Å². The van der Waals surface area contributed by atoms with Crippen LogP contribution in [0.1, 0.15) is 15.9 Å². The van der Waals surface area contributed by atoms with Crippen LogP contribution in [-0.4, -0.2) is 22.9 Å². The summed E-state index contributed by atoms with van der Waals surface area (Å²) >= 11 is 4.53. The average Bonchev–Trinajstić information content (AvgIpc) is 2.71. The largest absolute Gasteiger partial charge is 0.455 e. The van der Waals surface area contributed by atoms with Crippen molar-refractivity contribution in [3.63, 3.8) is 0 Å². The zero-order chi connectivity index (χ0) is 15.9. The summed E-state index contributed by atoms with van der Waals surface area (Å²) in [4.78, 5) is 16.4. The van der Waals surface area contributed by atoms with Crippen LogP contribution in [0, 0.1) is 0 Å². The van der Waals surface area contributed by atoms with Crippen molar-refractivity contribution >= 4 is 33.5 Å². The van der Waals surface area contributed by atoms with Crippen LogP contribution >= 0.6 is 27.7 Å². The van der Waals surface area contributed by atoms with E-state index in [2.05, 4.69) is 20.9 Å². The van der Waals surface area contributed by atoms with Gasteiger partial charge in [0.2, 0.25) is 5.78 Å². The number of aromatic nitrogens is 1. The fourth-order valence-corrected chi connectivity index (χ4v) is 3.33. The van der Waals surface area contributed by atoms with Gasteiger partial charge in [0.1, 0.15) is 11.5 Å². The van der Waals surface area contributed by atoms with Gasteiger partial charge in [0.05, 0.1) is 6.20 Å². The standard InChI is InChI=1S/C15H10BrF2NO2S/c1-22-12-3-2-11(21-9-4-8(16)6-19-7-9)10-5-15(17,18)14(20)13(10)12/h2-4,6-7H,5H2,1H3. The van der Waals surface area contributed by atoms with Crippen LogP contribution in [0.15, 0.2) is 40.0 Å². The number of hydrogen-bond acceptors (Lipinski definition) is 4. The number of benzene rings is 1. The van der Waals surface area contributed by atoms with Gasteiger partial charge in [-0.2, -0.15) is 8.78 Å². The minimum Gasteiger partial charge on any atom is -0.455 e. The van der Waals surface area contributed by atoms with Gasteiger partial charge in [0, 0.05) is 33.1 Å². The third-order valence-corrected chi connectivity index (χ3v) is 4.53. The van der Waals surface area contributed by atoms with Gasteiger partial charge < -0.3 is 4.74 Å². The molecule has 0 saturated heterocycles. The van der Waals surface area contributed by atoms with E-state index in [0.717, 1.165) is 0 Å². The lowest BCUT2D eigenvalue weighted by molar-refractivity contribution is 0.0165. The predicted octanol–water partition coefficient (Wildman–Crippen LogP) is 4.73. The average molecular weight is 386 g/mol. The van der Waals surface area contributed by atoms with Crippen LogP contribution in [-0.2, 0) is 6.42 Å². The summed E-state index contributed by atoms with van der Waals surface area (Å²) in [6, 6.07) is 4.92. The lowest BCUT2D eigenvalue weighted by Gasteiger charge is -2.11. The molecule has 3 nitrogen and oxygen atoms in total. The molecule has 114 valence electrons. The maximum atomic E-state index is 13.8. The van der Waals surface area contributed by atoms with Gasteiger partial charge in [-0.25, -0.2) is 0 Å².